The Morgan fingerprint density at radius 2 is 1.77 bits per heavy atom. The summed E-state index contributed by atoms with van der Waals surface area (Å²) in [5, 5.41) is 9.87. The van der Waals surface area contributed by atoms with E-state index < -0.39 is 11.5 Å². The molecule has 6 N–H and O–H groups in total. The molecule has 190 valence electrons. The number of hydrogen-bond donors (Lipinski definition) is 4. The number of aromatic nitrogens is 3. The van der Waals surface area contributed by atoms with E-state index in [0.29, 0.717) is 24.5 Å². The highest BCUT2D eigenvalue weighted by molar-refractivity contribution is 5.70. The van der Waals surface area contributed by atoms with Crippen LogP contribution in [0, 0.1) is 12.7 Å². The molecule has 35 heavy (non-hydrogen) atoms. The number of carbonyl (C=O) groups is 2. The summed E-state index contributed by atoms with van der Waals surface area (Å²) in [6.45, 7) is 7.06. The summed E-state index contributed by atoms with van der Waals surface area (Å²) in [6, 6.07) is 8.50. The van der Waals surface area contributed by atoms with Crippen LogP contribution in [0.15, 0.2) is 42.7 Å². The van der Waals surface area contributed by atoms with E-state index in [1.54, 1.807) is 31.6 Å². The summed E-state index contributed by atoms with van der Waals surface area (Å²) in [7, 11) is 1.80. The maximum absolute atomic E-state index is 13.5. The summed E-state index contributed by atoms with van der Waals surface area (Å²) in [4.78, 5) is 29.4. The standard InChI is InChI=1S/C17H16FN5.C5H12FN.CH2O2.CH2O/c1-10-7-13(18)14(19)9-12(10)15-4-6-22-17(23-15)11-3-5-21-16(8-11)20-2;1-5(2,6)3-4-7;2-1-3;1-2/h3-9H,19H2,1-2H3,(H,20,21);3-4,7H2,1-2H3;1H,(H,2,3);1H2. The lowest BCUT2D eigenvalue weighted by molar-refractivity contribution is -0.122. The van der Waals surface area contributed by atoms with Crippen LogP contribution in [0.2, 0.25) is 0 Å². The van der Waals surface area contributed by atoms with Gasteiger partial charge in [-0.15, -0.1) is 0 Å². The molecular formula is C24H32F2N6O3. The highest BCUT2D eigenvalue weighted by Gasteiger charge is 2.12. The average molecular weight is 491 g/mol. The average Bonchev–Trinajstić information content (AvgIpc) is 2.83. The number of nitrogens with one attached hydrogen (secondary N) is 1. The van der Waals surface area contributed by atoms with Crippen LogP contribution in [0.5, 0.6) is 0 Å². The molecule has 0 radical (unpaired) electrons. The minimum Gasteiger partial charge on any atom is -0.483 e. The van der Waals surface area contributed by atoms with Crippen LogP contribution >= 0.6 is 0 Å². The Morgan fingerprint density at radius 1 is 1.17 bits per heavy atom. The van der Waals surface area contributed by atoms with E-state index in [9.17, 15) is 8.78 Å². The van der Waals surface area contributed by atoms with Crippen molar-refractivity contribution >= 4 is 24.8 Å². The number of benzene rings is 1. The van der Waals surface area contributed by atoms with Crippen LogP contribution in [0.3, 0.4) is 0 Å². The number of aryl methyl sites for hydroxylation is 1. The molecule has 9 nitrogen and oxygen atoms in total. The minimum absolute atomic E-state index is 0.104. The topological polar surface area (TPSA) is 157 Å². The molecule has 3 aromatic rings. The number of pyridine rings is 1. The third-order valence-electron chi connectivity index (χ3n) is 4.29. The first-order chi connectivity index (χ1) is 16.6. The quantitative estimate of drug-likeness (QED) is 0.308. The van der Waals surface area contributed by atoms with Crippen molar-refractivity contribution in [2.75, 3.05) is 24.6 Å². The smallest absolute Gasteiger partial charge is 0.290 e. The highest BCUT2D eigenvalue weighted by Crippen LogP contribution is 2.27. The monoisotopic (exact) mass is 490 g/mol. The summed E-state index contributed by atoms with van der Waals surface area (Å²) in [5.41, 5.74) is 12.9. The second-order valence-electron chi connectivity index (χ2n) is 7.50. The zero-order valence-electron chi connectivity index (χ0n) is 20.3. The Hall–Kier alpha value is -3.99. The van der Waals surface area contributed by atoms with Gasteiger partial charge in [-0.25, -0.2) is 23.7 Å². The number of halogens is 2. The number of nitrogens with zero attached hydrogens (tertiary/aromatic N) is 3. The summed E-state index contributed by atoms with van der Waals surface area (Å²) >= 11 is 0. The molecule has 0 unspecified atom stereocenters. The van der Waals surface area contributed by atoms with Gasteiger partial charge in [-0.1, -0.05) is 0 Å². The molecule has 0 aliphatic rings. The van der Waals surface area contributed by atoms with Gasteiger partial charge in [0, 0.05) is 30.6 Å². The number of anilines is 2. The number of rotatable bonds is 5. The molecule has 2 aromatic heterocycles. The molecular weight excluding hydrogens is 458 g/mol. The largest absolute Gasteiger partial charge is 0.483 e. The molecule has 0 saturated carbocycles. The molecule has 0 spiro atoms. The van der Waals surface area contributed by atoms with Crippen LogP contribution in [0.4, 0.5) is 20.3 Å². The maximum Gasteiger partial charge on any atom is 0.290 e. The van der Waals surface area contributed by atoms with E-state index in [4.69, 9.17) is 26.2 Å². The first-order valence-electron chi connectivity index (χ1n) is 10.3. The zero-order valence-corrected chi connectivity index (χ0v) is 20.3. The van der Waals surface area contributed by atoms with E-state index >= 15 is 0 Å². The van der Waals surface area contributed by atoms with E-state index in [-0.39, 0.29) is 12.2 Å². The number of carboxylic acid groups (broad SMARTS) is 1. The number of hydrogen-bond acceptors (Lipinski definition) is 8. The van der Waals surface area contributed by atoms with Gasteiger partial charge >= 0.3 is 0 Å². The normalized spacial score (nSPS) is 9.80. The van der Waals surface area contributed by atoms with E-state index in [2.05, 4.69) is 20.3 Å². The van der Waals surface area contributed by atoms with E-state index in [1.807, 2.05) is 25.8 Å². The number of nitrogens with two attached hydrogens (primary N) is 2. The molecule has 0 bridgehead atoms. The van der Waals surface area contributed by atoms with Gasteiger partial charge in [0.15, 0.2) is 5.82 Å². The molecule has 0 aliphatic carbocycles. The van der Waals surface area contributed by atoms with Gasteiger partial charge < -0.3 is 26.7 Å². The van der Waals surface area contributed by atoms with Crippen LogP contribution in [0.25, 0.3) is 22.6 Å². The van der Waals surface area contributed by atoms with Crippen molar-refractivity contribution in [2.45, 2.75) is 32.9 Å². The van der Waals surface area contributed by atoms with Crippen LogP contribution in [-0.4, -0.2) is 52.6 Å². The molecule has 0 saturated heterocycles. The van der Waals surface area contributed by atoms with Crippen molar-refractivity contribution in [1.29, 1.82) is 0 Å². The maximum atomic E-state index is 13.5. The van der Waals surface area contributed by atoms with Crippen LogP contribution < -0.4 is 16.8 Å². The second kappa shape index (κ2) is 15.8. The number of alkyl halides is 1. The molecule has 0 atom stereocenters. The number of carbonyl (C=O) groups excluding carboxylic acids is 1. The predicted molar refractivity (Wildman–Crippen MR) is 134 cm³/mol. The van der Waals surface area contributed by atoms with E-state index in [0.717, 1.165) is 22.5 Å². The zero-order chi connectivity index (χ0) is 27.0. The van der Waals surface area contributed by atoms with E-state index in [1.165, 1.54) is 19.9 Å². The van der Waals surface area contributed by atoms with Crippen LogP contribution in [0.1, 0.15) is 25.8 Å². The molecule has 11 heteroatoms. The molecule has 0 aliphatic heterocycles. The van der Waals surface area contributed by atoms with Gasteiger partial charge in [-0.05, 0) is 69.6 Å². The first-order valence-corrected chi connectivity index (χ1v) is 10.3. The third-order valence-corrected chi connectivity index (χ3v) is 4.29. The Bertz CT molecular complexity index is 1060. The van der Waals surface area contributed by atoms with Crippen molar-refractivity contribution in [2.24, 2.45) is 5.73 Å². The second-order valence-corrected chi connectivity index (χ2v) is 7.50. The fourth-order valence-corrected chi connectivity index (χ4v) is 2.66. The SMILES string of the molecule is C=O.CC(C)(F)CCN.CNc1cc(-c2nccc(-c3cc(N)c(F)cc3C)n2)ccn1.O=CO. The Kier molecular flexibility index (Phi) is 14.0. The summed E-state index contributed by atoms with van der Waals surface area (Å²) < 4.78 is 25.8. The van der Waals surface area contributed by atoms with Crippen molar-refractivity contribution in [3.63, 3.8) is 0 Å². The van der Waals surface area contributed by atoms with Crippen molar-refractivity contribution in [3.8, 4) is 22.6 Å². The lowest BCUT2D eigenvalue weighted by Gasteiger charge is -2.10. The van der Waals surface area contributed by atoms with Gasteiger partial charge in [-0.2, -0.15) is 0 Å². The molecule has 0 fully saturated rings. The third kappa shape index (κ3) is 11.1. The number of nitrogen functional groups attached to an aromatic ring is 1. The van der Waals surface area contributed by atoms with Gasteiger partial charge in [0.1, 0.15) is 24.1 Å². The Balaban J connectivity index is 0.000000813. The molecule has 2 heterocycles. The van der Waals surface area contributed by atoms with Crippen molar-refractivity contribution < 1.29 is 23.5 Å². The summed E-state index contributed by atoms with van der Waals surface area (Å²) in [5.74, 6) is 0.885. The Labute approximate surface area is 203 Å². The lowest BCUT2D eigenvalue weighted by atomic mass is 10.0. The highest BCUT2D eigenvalue weighted by atomic mass is 19.1. The van der Waals surface area contributed by atoms with Crippen molar-refractivity contribution in [3.05, 3.63) is 54.1 Å². The van der Waals surface area contributed by atoms with Gasteiger partial charge in [0.2, 0.25) is 0 Å². The summed E-state index contributed by atoms with van der Waals surface area (Å²) in [6.07, 6.45) is 3.82. The van der Waals surface area contributed by atoms with Crippen LogP contribution in [-0.2, 0) is 9.59 Å². The minimum atomic E-state index is -1.07. The van der Waals surface area contributed by atoms with Gasteiger partial charge in [0.25, 0.3) is 6.47 Å². The molecule has 1 aromatic carbocycles. The van der Waals surface area contributed by atoms with Gasteiger partial charge in [-0.3, -0.25) is 4.79 Å². The Morgan fingerprint density at radius 3 is 2.29 bits per heavy atom. The molecule has 3 rings (SSSR count). The van der Waals surface area contributed by atoms with Gasteiger partial charge in [0.05, 0.1) is 11.4 Å². The van der Waals surface area contributed by atoms with Crippen molar-refractivity contribution in [1.82, 2.24) is 15.0 Å². The predicted octanol–water partition coefficient (Wildman–Crippen LogP) is 3.88. The first kappa shape index (κ1) is 31.0. The lowest BCUT2D eigenvalue weighted by Crippen LogP contribution is -2.17. The fourth-order valence-electron chi connectivity index (χ4n) is 2.66. The molecule has 0 amide bonds. The fraction of sp³-hybridized carbons (Fsp3) is 0.292.